The van der Waals surface area contributed by atoms with Crippen LogP contribution in [0.25, 0.3) is 0 Å². The van der Waals surface area contributed by atoms with Crippen LogP contribution in [0.3, 0.4) is 0 Å². The van der Waals surface area contributed by atoms with E-state index in [-0.39, 0.29) is 17.6 Å². The zero-order chi connectivity index (χ0) is 19.0. The lowest BCUT2D eigenvalue weighted by atomic mass is 9.89. The van der Waals surface area contributed by atoms with E-state index in [2.05, 4.69) is 11.9 Å². The Labute approximate surface area is 151 Å². The predicted octanol–water partition coefficient (Wildman–Crippen LogP) is 4.54. The Balaban J connectivity index is 2.71. The highest BCUT2D eigenvalue weighted by Gasteiger charge is 2.27. The lowest BCUT2D eigenvalue weighted by Crippen LogP contribution is -2.46. The molecule has 0 bridgehead atoms. The maximum absolute atomic E-state index is 12.7. The summed E-state index contributed by atoms with van der Waals surface area (Å²) in [5.74, 6) is 0.0282. The topological polar surface area (TPSA) is 55.4 Å². The zero-order valence-electron chi connectivity index (χ0n) is 16.0. The SMILES string of the molecule is C=CC(CC(=O)C(NC(=O)OC(C)(C)C)C(C)C)Cc1ccccc1. The zero-order valence-corrected chi connectivity index (χ0v) is 16.0. The number of allylic oxidation sites excluding steroid dienone is 1. The number of rotatable bonds is 8. The highest BCUT2D eigenvalue weighted by molar-refractivity contribution is 5.88. The molecule has 0 aliphatic heterocycles. The van der Waals surface area contributed by atoms with Crippen molar-refractivity contribution in [3.05, 3.63) is 48.6 Å². The van der Waals surface area contributed by atoms with E-state index in [4.69, 9.17) is 4.74 Å². The lowest BCUT2D eigenvalue weighted by Gasteiger charge is -2.26. The molecule has 0 spiro atoms. The quantitative estimate of drug-likeness (QED) is 0.704. The first-order chi connectivity index (χ1) is 11.6. The Kier molecular flexibility index (Phi) is 7.88. The number of carbonyl (C=O) groups excluding carboxylic acids is 2. The molecule has 0 saturated heterocycles. The van der Waals surface area contributed by atoms with Gasteiger partial charge in [0.15, 0.2) is 5.78 Å². The van der Waals surface area contributed by atoms with Crippen molar-refractivity contribution in [2.24, 2.45) is 11.8 Å². The lowest BCUT2D eigenvalue weighted by molar-refractivity contribution is -0.122. The van der Waals surface area contributed by atoms with Gasteiger partial charge in [-0.3, -0.25) is 4.79 Å². The van der Waals surface area contributed by atoms with E-state index in [0.29, 0.717) is 6.42 Å². The summed E-state index contributed by atoms with van der Waals surface area (Å²) < 4.78 is 5.27. The molecular weight excluding hydrogens is 314 g/mol. The third-order valence-electron chi connectivity index (χ3n) is 3.82. The summed E-state index contributed by atoms with van der Waals surface area (Å²) in [6.07, 6.45) is 2.36. The van der Waals surface area contributed by atoms with Crippen LogP contribution >= 0.6 is 0 Å². The third kappa shape index (κ3) is 8.01. The van der Waals surface area contributed by atoms with Crippen molar-refractivity contribution < 1.29 is 14.3 Å². The molecule has 2 atom stereocenters. The average Bonchev–Trinajstić information content (AvgIpc) is 2.50. The summed E-state index contributed by atoms with van der Waals surface area (Å²) in [5, 5.41) is 2.72. The van der Waals surface area contributed by atoms with Gasteiger partial charge in [-0.05, 0) is 44.6 Å². The largest absolute Gasteiger partial charge is 0.444 e. The predicted molar refractivity (Wildman–Crippen MR) is 101 cm³/mol. The maximum Gasteiger partial charge on any atom is 0.408 e. The van der Waals surface area contributed by atoms with Crippen molar-refractivity contribution in [1.82, 2.24) is 5.32 Å². The summed E-state index contributed by atoms with van der Waals surface area (Å²) >= 11 is 0. The van der Waals surface area contributed by atoms with Gasteiger partial charge in [0, 0.05) is 6.42 Å². The molecule has 1 rings (SSSR count). The number of benzene rings is 1. The highest BCUT2D eigenvalue weighted by atomic mass is 16.6. The Morgan fingerprint density at radius 3 is 2.28 bits per heavy atom. The molecule has 2 unspecified atom stereocenters. The van der Waals surface area contributed by atoms with E-state index in [1.54, 1.807) is 20.8 Å². The average molecular weight is 345 g/mol. The van der Waals surface area contributed by atoms with E-state index >= 15 is 0 Å². The Bertz CT molecular complexity index is 573. The van der Waals surface area contributed by atoms with Gasteiger partial charge in [0.2, 0.25) is 0 Å². The first kappa shape index (κ1) is 20.9. The molecule has 1 aromatic rings. The Morgan fingerprint density at radius 2 is 1.80 bits per heavy atom. The number of Topliss-reactive ketones (excluding diaryl/α,β-unsaturated/α-hetero) is 1. The summed E-state index contributed by atoms with van der Waals surface area (Å²) in [5.41, 5.74) is 0.576. The minimum atomic E-state index is -0.592. The van der Waals surface area contributed by atoms with Crippen molar-refractivity contribution in [3.8, 4) is 0 Å². The minimum absolute atomic E-state index is 0.00157. The standard InChI is InChI=1S/C21H31NO3/c1-7-16(13-17-11-9-8-10-12-17)14-18(23)19(15(2)3)22-20(24)25-21(4,5)6/h7-12,15-16,19H,1,13-14H2,2-6H3,(H,22,24). The number of hydrogen-bond donors (Lipinski definition) is 1. The fourth-order valence-electron chi connectivity index (χ4n) is 2.59. The molecule has 0 radical (unpaired) electrons. The molecule has 4 nitrogen and oxygen atoms in total. The van der Waals surface area contributed by atoms with Gasteiger partial charge >= 0.3 is 6.09 Å². The maximum atomic E-state index is 12.7. The molecule has 1 N–H and O–H groups in total. The van der Waals surface area contributed by atoms with Crippen LogP contribution in [0.1, 0.15) is 46.6 Å². The Morgan fingerprint density at radius 1 is 1.20 bits per heavy atom. The molecule has 4 heteroatoms. The fraction of sp³-hybridized carbons (Fsp3) is 0.524. The summed E-state index contributed by atoms with van der Waals surface area (Å²) in [4.78, 5) is 24.7. The van der Waals surface area contributed by atoms with Gasteiger partial charge in [-0.25, -0.2) is 4.79 Å². The van der Waals surface area contributed by atoms with Gasteiger partial charge in [-0.15, -0.1) is 6.58 Å². The van der Waals surface area contributed by atoms with Crippen LogP contribution in [0.5, 0.6) is 0 Å². The van der Waals surface area contributed by atoms with Crippen molar-refractivity contribution in [2.75, 3.05) is 0 Å². The molecule has 0 aromatic heterocycles. The molecule has 0 aliphatic rings. The molecule has 1 amide bonds. The smallest absolute Gasteiger partial charge is 0.408 e. The van der Waals surface area contributed by atoms with Gasteiger partial charge in [0.1, 0.15) is 5.60 Å². The fourth-order valence-corrected chi connectivity index (χ4v) is 2.59. The van der Waals surface area contributed by atoms with Crippen LogP contribution in [0.15, 0.2) is 43.0 Å². The second kappa shape index (κ2) is 9.40. The van der Waals surface area contributed by atoms with Crippen LogP contribution in [0, 0.1) is 11.8 Å². The monoisotopic (exact) mass is 345 g/mol. The third-order valence-corrected chi connectivity index (χ3v) is 3.82. The van der Waals surface area contributed by atoms with Crippen molar-refractivity contribution >= 4 is 11.9 Å². The second-order valence-corrected chi connectivity index (χ2v) is 7.72. The van der Waals surface area contributed by atoms with Crippen molar-refractivity contribution in [2.45, 2.75) is 59.1 Å². The number of ether oxygens (including phenoxy) is 1. The summed E-state index contributed by atoms with van der Waals surface area (Å²) in [6.45, 7) is 13.1. The van der Waals surface area contributed by atoms with Crippen molar-refractivity contribution in [3.63, 3.8) is 0 Å². The van der Waals surface area contributed by atoms with Gasteiger partial charge in [0.05, 0.1) is 6.04 Å². The molecule has 0 aliphatic carbocycles. The van der Waals surface area contributed by atoms with E-state index in [1.165, 1.54) is 5.56 Å². The van der Waals surface area contributed by atoms with Gasteiger partial charge in [-0.1, -0.05) is 50.3 Å². The number of carbonyl (C=O) groups is 2. The first-order valence-electron chi connectivity index (χ1n) is 8.81. The van der Waals surface area contributed by atoms with Gasteiger partial charge < -0.3 is 10.1 Å². The van der Waals surface area contributed by atoms with Gasteiger partial charge in [0.25, 0.3) is 0 Å². The molecule has 0 fully saturated rings. The number of alkyl carbamates (subject to hydrolysis) is 1. The van der Waals surface area contributed by atoms with Crippen LogP contribution in [0.4, 0.5) is 4.79 Å². The Hall–Kier alpha value is -2.10. The van der Waals surface area contributed by atoms with E-state index in [0.717, 1.165) is 6.42 Å². The molecule has 0 heterocycles. The molecule has 138 valence electrons. The van der Waals surface area contributed by atoms with E-state index in [9.17, 15) is 9.59 Å². The number of amides is 1. The minimum Gasteiger partial charge on any atom is -0.444 e. The first-order valence-corrected chi connectivity index (χ1v) is 8.81. The highest BCUT2D eigenvalue weighted by Crippen LogP contribution is 2.17. The summed E-state index contributed by atoms with van der Waals surface area (Å²) in [6, 6.07) is 9.46. The van der Waals surface area contributed by atoms with E-state index in [1.807, 2.05) is 50.3 Å². The van der Waals surface area contributed by atoms with Crippen LogP contribution in [-0.4, -0.2) is 23.5 Å². The molecular formula is C21H31NO3. The summed E-state index contributed by atoms with van der Waals surface area (Å²) in [7, 11) is 0. The molecule has 25 heavy (non-hydrogen) atoms. The van der Waals surface area contributed by atoms with Crippen LogP contribution < -0.4 is 5.32 Å². The van der Waals surface area contributed by atoms with Gasteiger partial charge in [-0.2, -0.15) is 0 Å². The number of ketones is 1. The van der Waals surface area contributed by atoms with E-state index < -0.39 is 17.7 Å². The second-order valence-electron chi connectivity index (χ2n) is 7.72. The normalized spacial score (nSPS) is 13.8. The van der Waals surface area contributed by atoms with Crippen molar-refractivity contribution in [1.29, 1.82) is 0 Å². The van der Waals surface area contributed by atoms with Crippen LogP contribution in [0.2, 0.25) is 0 Å². The van der Waals surface area contributed by atoms with Crippen LogP contribution in [-0.2, 0) is 16.0 Å². The molecule has 0 saturated carbocycles. The number of hydrogen-bond acceptors (Lipinski definition) is 3. The molecule has 1 aromatic carbocycles. The number of nitrogens with one attached hydrogen (secondary N) is 1.